The summed E-state index contributed by atoms with van der Waals surface area (Å²) in [5.41, 5.74) is 8.73. The van der Waals surface area contributed by atoms with Gasteiger partial charge in [-0.05, 0) is 48.5 Å². The molecule has 0 fully saturated rings. The molecular formula is C20H15ClFN5O. The summed E-state index contributed by atoms with van der Waals surface area (Å²) in [6.07, 6.45) is 1.71. The molecule has 0 radical (unpaired) electrons. The summed E-state index contributed by atoms with van der Waals surface area (Å²) >= 11 is 6.42. The molecule has 140 valence electrons. The van der Waals surface area contributed by atoms with Crippen LogP contribution in [0.3, 0.4) is 0 Å². The highest BCUT2D eigenvalue weighted by Gasteiger charge is 2.24. The Labute approximate surface area is 164 Å². The first-order valence-electron chi connectivity index (χ1n) is 8.43. The Hall–Kier alpha value is -3.45. The van der Waals surface area contributed by atoms with E-state index in [1.54, 1.807) is 24.4 Å². The molecule has 0 saturated carbocycles. The lowest BCUT2D eigenvalue weighted by Gasteiger charge is -2.20. The highest BCUT2D eigenvalue weighted by atomic mass is 35.5. The number of pyridine rings is 1. The van der Waals surface area contributed by atoms with Gasteiger partial charge in [0.15, 0.2) is 0 Å². The number of halogens is 2. The third kappa shape index (κ3) is 3.39. The summed E-state index contributed by atoms with van der Waals surface area (Å²) < 4.78 is 13.2. The van der Waals surface area contributed by atoms with E-state index in [1.807, 2.05) is 12.1 Å². The van der Waals surface area contributed by atoms with Crippen molar-refractivity contribution in [2.75, 3.05) is 5.32 Å². The van der Waals surface area contributed by atoms with Gasteiger partial charge in [-0.1, -0.05) is 17.7 Å². The number of aromatic nitrogens is 3. The third-order valence-corrected chi connectivity index (χ3v) is 4.68. The van der Waals surface area contributed by atoms with E-state index in [1.165, 1.54) is 24.3 Å². The number of anilines is 1. The molecule has 0 aliphatic heterocycles. The van der Waals surface area contributed by atoms with Crippen LogP contribution in [0.2, 0.25) is 5.02 Å². The highest BCUT2D eigenvalue weighted by molar-refractivity contribution is 6.32. The van der Waals surface area contributed by atoms with Crippen molar-refractivity contribution in [1.82, 2.24) is 15.2 Å². The van der Waals surface area contributed by atoms with Crippen molar-refractivity contribution in [3.05, 3.63) is 77.2 Å². The SMILES string of the molecule is NC(=O)C(Nc1ccc(F)cc1)c1c(Cl)ccc2nc(-c3cc[nH]n3)ccc12. The number of amides is 1. The number of rotatable bonds is 5. The monoisotopic (exact) mass is 395 g/mol. The number of hydrogen-bond acceptors (Lipinski definition) is 4. The van der Waals surface area contributed by atoms with Gasteiger partial charge in [-0.3, -0.25) is 9.89 Å². The zero-order chi connectivity index (χ0) is 19.7. The molecule has 1 amide bonds. The Morgan fingerprint density at radius 1 is 1.07 bits per heavy atom. The maximum absolute atomic E-state index is 13.2. The van der Waals surface area contributed by atoms with Crippen LogP contribution >= 0.6 is 11.6 Å². The Morgan fingerprint density at radius 2 is 1.86 bits per heavy atom. The first-order chi connectivity index (χ1) is 13.5. The lowest BCUT2D eigenvalue weighted by atomic mass is 9.99. The maximum atomic E-state index is 13.2. The van der Waals surface area contributed by atoms with E-state index in [2.05, 4.69) is 20.5 Å². The summed E-state index contributed by atoms with van der Waals surface area (Å²) in [4.78, 5) is 16.8. The Balaban J connectivity index is 1.81. The van der Waals surface area contributed by atoms with E-state index < -0.39 is 11.9 Å². The maximum Gasteiger partial charge on any atom is 0.244 e. The van der Waals surface area contributed by atoms with E-state index in [0.29, 0.717) is 38.6 Å². The van der Waals surface area contributed by atoms with Crippen molar-refractivity contribution in [3.8, 4) is 11.4 Å². The van der Waals surface area contributed by atoms with E-state index in [9.17, 15) is 9.18 Å². The minimum Gasteiger partial charge on any atom is -0.370 e. The van der Waals surface area contributed by atoms with E-state index in [0.717, 1.165) is 0 Å². The molecule has 1 unspecified atom stereocenters. The fourth-order valence-electron chi connectivity index (χ4n) is 3.04. The zero-order valence-corrected chi connectivity index (χ0v) is 15.2. The molecular weight excluding hydrogens is 381 g/mol. The first kappa shape index (κ1) is 17.9. The fraction of sp³-hybridized carbons (Fsp3) is 0.0500. The van der Waals surface area contributed by atoms with Crippen LogP contribution in [0.15, 0.2) is 60.8 Å². The number of nitrogens with one attached hydrogen (secondary N) is 2. The number of nitrogens with two attached hydrogens (primary N) is 1. The van der Waals surface area contributed by atoms with E-state index >= 15 is 0 Å². The topological polar surface area (TPSA) is 96.7 Å². The van der Waals surface area contributed by atoms with Crippen LogP contribution in [0.1, 0.15) is 11.6 Å². The molecule has 0 aliphatic rings. The number of fused-ring (bicyclic) bond motifs is 1. The molecule has 2 heterocycles. The van der Waals surface area contributed by atoms with Gasteiger partial charge in [0.2, 0.25) is 5.91 Å². The minimum absolute atomic E-state index is 0.375. The molecule has 8 heteroatoms. The van der Waals surface area contributed by atoms with Crippen molar-refractivity contribution in [3.63, 3.8) is 0 Å². The van der Waals surface area contributed by atoms with Gasteiger partial charge >= 0.3 is 0 Å². The third-order valence-electron chi connectivity index (χ3n) is 4.35. The second-order valence-corrected chi connectivity index (χ2v) is 6.58. The lowest BCUT2D eigenvalue weighted by Crippen LogP contribution is -2.28. The van der Waals surface area contributed by atoms with E-state index in [4.69, 9.17) is 17.3 Å². The number of hydrogen-bond donors (Lipinski definition) is 3. The average molecular weight is 396 g/mol. The second-order valence-electron chi connectivity index (χ2n) is 6.17. The summed E-state index contributed by atoms with van der Waals surface area (Å²) in [7, 11) is 0. The van der Waals surface area contributed by atoms with E-state index in [-0.39, 0.29) is 5.82 Å². The van der Waals surface area contributed by atoms with Gasteiger partial charge in [-0.25, -0.2) is 9.37 Å². The Bertz CT molecular complexity index is 1150. The molecule has 0 bridgehead atoms. The summed E-state index contributed by atoms with van der Waals surface area (Å²) in [6.45, 7) is 0. The predicted molar refractivity (Wildman–Crippen MR) is 106 cm³/mol. The van der Waals surface area contributed by atoms with Gasteiger partial charge in [0.05, 0.1) is 11.2 Å². The van der Waals surface area contributed by atoms with Crippen LogP contribution in [0, 0.1) is 5.82 Å². The van der Waals surface area contributed by atoms with Crippen molar-refractivity contribution in [1.29, 1.82) is 0 Å². The Morgan fingerprint density at radius 3 is 2.54 bits per heavy atom. The van der Waals surface area contributed by atoms with Gasteiger partial charge in [-0.15, -0.1) is 0 Å². The normalized spacial score (nSPS) is 12.1. The molecule has 4 N–H and O–H groups in total. The van der Waals surface area contributed by atoms with Crippen LogP contribution in [-0.4, -0.2) is 21.1 Å². The van der Waals surface area contributed by atoms with Crippen molar-refractivity contribution in [2.24, 2.45) is 5.73 Å². The van der Waals surface area contributed by atoms with Crippen molar-refractivity contribution in [2.45, 2.75) is 6.04 Å². The predicted octanol–water partition coefficient (Wildman–Crippen LogP) is 4.06. The number of primary amides is 1. The zero-order valence-electron chi connectivity index (χ0n) is 14.5. The smallest absolute Gasteiger partial charge is 0.244 e. The van der Waals surface area contributed by atoms with Crippen LogP contribution in [0.5, 0.6) is 0 Å². The van der Waals surface area contributed by atoms with Crippen LogP contribution in [0.25, 0.3) is 22.3 Å². The quantitative estimate of drug-likeness (QED) is 0.474. The highest BCUT2D eigenvalue weighted by Crippen LogP contribution is 2.33. The minimum atomic E-state index is -0.917. The van der Waals surface area contributed by atoms with Gasteiger partial charge in [0.1, 0.15) is 17.6 Å². The fourth-order valence-corrected chi connectivity index (χ4v) is 3.31. The molecule has 2 aromatic carbocycles. The van der Waals surface area contributed by atoms with Gasteiger partial charge in [0, 0.05) is 27.9 Å². The lowest BCUT2D eigenvalue weighted by molar-refractivity contribution is -0.118. The molecule has 0 saturated heterocycles. The molecule has 2 aromatic heterocycles. The summed E-state index contributed by atoms with van der Waals surface area (Å²) in [5.74, 6) is -0.991. The second kappa shape index (κ2) is 7.28. The number of aromatic amines is 1. The number of carbonyl (C=O) groups excluding carboxylic acids is 1. The Kier molecular flexibility index (Phi) is 4.67. The van der Waals surface area contributed by atoms with Crippen LogP contribution in [-0.2, 0) is 4.79 Å². The van der Waals surface area contributed by atoms with Gasteiger partial charge in [0.25, 0.3) is 0 Å². The van der Waals surface area contributed by atoms with Crippen molar-refractivity contribution >= 4 is 34.1 Å². The number of H-pyrrole nitrogens is 1. The van der Waals surface area contributed by atoms with Crippen LogP contribution in [0.4, 0.5) is 10.1 Å². The largest absolute Gasteiger partial charge is 0.370 e. The molecule has 0 spiro atoms. The standard InChI is InChI=1S/C20H15ClFN5O/c21-14-6-8-15-13(5-7-16(26-15)17-9-10-24-27-17)18(14)19(20(23)28)25-12-3-1-11(22)2-4-12/h1-10,19,25H,(H2,23,28)(H,24,27). The summed E-state index contributed by atoms with van der Waals surface area (Å²) in [5, 5.41) is 11.0. The van der Waals surface area contributed by atoms with Crippen LogP contribution < -0.4 is 11.1 Å². The van der Waals surface area contributed by atoms with Gasteiger partial charge in [-0.2, -0.15) is 5.10 Å². The average Bonchev–Trinajstić information content (AvgIpc) is 3.22. The molecule has 1 atom stereocenters. The number of carbonyl (C=O) groups is 1. The molecule has 4 aromatic rings. The number of benzene rings is 2. The van der Waals surface area contributed by atoms with Crippen molar-refractivity contribution < 1.29 is 9.18 Å². The molecule has 4 rings (SSSR count). The molecule has 28 heavy (non-hydrogen) atoms. The first-order valence-corrected chi connectivity index (χ1v) is 8.81. The number of nitrogens with zero attached hydrogens (tertiary/aromatic N) is 2. The molecule has 6 nitrogen and oxygen atoms in total. The van der Waals surface area contributed by atoms with Gasteiger partial charge < -0.3 is 11.1 Å². The molecule has 0 aliphatic carbocycles. The summed E-state index contributed by atoms with van der Waals surface area (Å²) in [6, 6.07) is 13.6.